The van der Waals surface area contributed by atoms with Crippen LogP contribution in [-0.4, -0.2) is 20.4 Å². The first-order valence-electron chi connectivity index (χ1n) is 6.34. The predicted molar refractivity (Wildman–Crippen MR) is 80.7 cm³/mol. The summed E-state index contributed by atoms with van der Waals surface area (Å²) in [5.74, 6) is -0.266. The van der Waals surface area contributed by atoms with Crippen molar-refractivity contribution in [3.63, 3.8) is 0 Å². The first-order chi connectivity index (χ1) is 9.92. The number of fused-ring (bicyclic) bond motifs is 1. The van der Waals surface area contributed by atoms with Gasteiger partial charge >= 0.3 is 0 Å². The minimum absolute atomic E-state index is 0.266. The predicted octanol–water partition coefficient (Wildman–Crippen LogP) is 2.55. The molecule has 3 rings (SSSR count). The zero-order chi connectivity index (χ0) is 15.0. The molecule has 0 atom stereocenters. The number of benzene rings is 2. The van der Waals surface area contributed by atoms with E-state index in [1.807, 2.05) is 0 Å². The maximum Gasteiger partial charge on any atom is 0.229 e. The van der Waals surface area contributed by atoms with Crippen molar-refractivity contribution in [2.24, 2.45) is 4.99 Å². The lowest BCUT2D eigenvalue weighted by Crippen LogP contribution is -2.09. The van der Waals surface area contributed by atoms with Crippen LogP contribution in [0.5, 0.6) is 0 Å². The number of nitrogens with one attached hydrogen (secondary N) is 1. The van der Waals surface area contributed by atoms with Crippen molar-refractivity contribution in [1.29, 1.82) is 0 Å². The molecule has 0 fully saturated rings. The van der Waals surface area contributed by atoms with Gasteiger partial charge in [-0.15, -0.1) is 0 Å². The molecule has 2 aromatic rings. The van der Waals surface area contributed by atoms with Gasteiger partial charge in [0.25, 0.3) is 0 Å². The Morgan fingerprint density at radius 1 is 1.14 bits per heavy atom. The Hall–Kier alpha value is -2.21. The van der Waals surface area contributed by atoms with E-state index in [-0.39, 0.29) is 5.82 Å². The van der Waals surface area contributed by atoms with Gasteiger partial charge in [0.2, 0.25) is 10.0 Å². The highest BCUT2D eigenvalue weighted by molar-refractivity contribution is 7.92. The monoisotopic (exact) mass is 304 g/mol. The second kappa shape index (κ2) is 4.96. The zero-order valence-corrected chi connectivity index (χ0v) is 12.1. The number of aliphatic imine (C=N–C) groups is 1. The summed E-state index contributed by atoms with van der Waals surface area (Å²) in [6.45, 7) is 0.464. The topological polar surface area (TPSA) is 58.5 Å². The SMILES string of the molecule is CS(=O)(=O)Nc1ccc(C2=NCc3cc(F)ccc32)cc1. The van der Waals surface area contributed by atoms with E-state index < -0.39 is 10.0 Å². The van der Waals surface area contributed by atoms with Crippen LogP contribution in [-0.2, 0) is 16.6 Å². The van der Waals surface area contributed by atoms with Crippen LogP contribution in [0, 0.1) is 5.82 Å². The summed E-state index contributed by atoms with van der Waals surface area (Å²) in [5.41, 5.74) is 3.96. The summed E-state index contributed by atoms with van der Waals surface area (Å²) in [6.07, 6.45) is 1.10. The third-order valence-electron chi connectivity index (χ3n) is 3.19. The average Bonchev–Trinajstić information content (AvgIpc) is 2.80. The summed E-state index contributed by atoms with van der Waals surface area (Å²) in [6, 6.07) is 11.6. The molecule has 0 aromatic heterocycles. The van der Waals surface area contributed by atoms with Gasteiger partial charge < -0.3 is 0 Å². The molecule has 0 spiro atoms. The Kier molecular flexibility index (Phi) is 3.25. The van der Waals surface area contributed by atoms with E-state index in [4.69, 9.17) is 0 Å². The molecule has 0 bridgehead atoms. The Bertz CT molecular complexity index is 827. The number of nitrogens with zero attached hydrogens (tertiary/aromatic N) is 1. The third kappa shape index (κ3) is 2.95. The quantitative estimate of drug-likeness (QED) is 0.947. The molecular weight excluding hydrogens is 291 g/mol. The number of anilines is 1. The highest BCUT2D eigenvalue weighted by Crippen LogP contribution is 2.24. The van der Waals surface area contributed by atoms with E-state index in [1.165, 1.54) is 12.1 Å². The fraction of sp³-hybridized carbons (Fsp3) is 0.133. The Morgan fingerprint density at radius 3 is 2.52 bits per heavy atom. The number of sulfonamides is 1. The van der Waals surface area contributed by atoms with Gasteiger partial charge in [-0.05, 0) is 35.9 Å². The largest absolute Gasteiger partial charge is 0.284 e. The second-order valence-electron chi connectivity index (χ2n) is 4.92. The molecule has 1 N–H and O–H groups in total. The maximum atomic E-state index is 13.2. The minimum Gasteiger partial charge on any atom is -0.284 e. The smallest absolute Gasteiger partial charge is 0.229 e. The maximum absolute atomic E-state index is 13.2. The zero-order valence-electron chi connectivity index (χ0n) is 11.3. The lowest BCUT2D eigenvalue weighted by Gasteiger charge is -2.07. The molecule has 0 saturated carbocycles. The van der Waals surface area contributed by atoms with Gasteiger partial charge in [0.05, 0.1) is 18.5 Å². The molecule has 0 amide bonds. The lowest BCUT2D eigenvalue weighted by atomic mass is 10.00. The number of hydrogen-bond acceptors (Lipinski definition) is 3. The van der Waals surface area contributed by atoms with Crippen molar-refractivity contribution in [2.75, 3.05) is 11.0 Å². The second-order valence-corrected chi connectivity index (χ2v) is 6.67. The lowest BCUT2D eigenvalue weighted by molar-refractivity contribution is 0.607. The van der Waals surface area contributed by atoms with Gasteiger partial charge in [-0.25, -0.2) is 12.8 Å². The Labute approximate surface area is 122 Å². The summed E-state index contributed by atoms with van der Waals surface area (Å²) >= 11 is 0. The molecule has 0 saturated heterocycles. The van der Waals surface area contributed by atoms with E-state index in [0.29, 0.717) is 12.2 Å². The van der Waals surface area contributed by atoms with Crippen LogP contribution in [0.15, 0.2) is 47.5 Å². The molecule has 1 aliphatic heterocycles. The van der Waals surface area contributed by atoms with Gasteiger partial charge in [-0.1, -0.05) is 12.1 Å². The standard InChI is InChI=1S/C15H13FN2O2S/c1-21(19,20)18-13-5-2-10(3-6-13)15-14-7-4-12(16)8-11(14)9-17-15/h2-8,18H,9H2,1H3. The summed E-state index contributed by atoms with van der Waals surface area (Å²) in [4.78, 5) is 4.43. The van der Waals surface area contributed by atoms with Crippen LogP contribution < -0.4 is 4.72 Å². The highest BCUT2D eigenvalue weighted by atomic mass is 32.2. The van der Waals surface area contributed by atoms with Crippen molar-refractivity contribution in [3.05, 3.63) is 65.0 Å². The van der Waals surface area contributed by atoms with Crippen molar-refractivity contribution in [1.82, 2.24) is 0 Å². The van der Waals surface area contributed by atoms with E-state index in [9.17, 15) is 12.8 Å². The Morgan fingerprint density at radius 2 is 1.86 bits per heavy atom. The molecule has 21 heavy (non-hydrogen) atoms. The number of halogens is 1. The van der Waals surface area contributed by atoms with E-state index in [1.54, 1.807) is 30.3 Å². The summed E-state index contributed by atoms with van der Waals surface area (Å²) in [5, 5.41) is 0. The van der Waals surface area contributed by atoms with Gasteiger partial charge in [0.1, 0.15) is 5.82 Å². The fourth-order valence-electron chi connectivity index (χ4n) is 2.33. The van der Waals surface area contributed by atoms with Gasteiger partial charge in [0.15, 0.2) is 0 Å². The number of hydrogen-bond donors (Lipinski definition) is 1. The van der Waals surface area contributed by atoms with Crippen molar-refractivity contribution in [3.8, 4) is 0 Å². The molecule has 0 aliphatic carbocycles. The van der Waals surface area contributed by atoms with E-state index in [2.05, 4.69) is 9.71 Å². The molecular formula is C15H13FN2O2S. The molecule has 1 heterocycles. The third-order valence-corrected chi connectivity index (χ3v) is 3.80. The van der Waals surface area contributed by atoms with Crippen LogP contribution in [0.25, 0.3) is 0 Å². The van der Waals surface area contributed by atoms with Gasteiger partial charge in [-0.3, -0.25) is 9.71 Å². The van der Waals surface area contributed by atoms with Crippen LogP contribution in [0.1, 0.15) is 16.7 Å². The summed E-state index contributed by atoms with van der Waals surface area (Å²) < 4.78 is 37.9. The molecule has 0 radical (unpaired) electrons. The first kappa shape index (κ1) is 13.8. The van der Waals surface area contributed by atoms with Crippen molar-refractivity contribution < 1.29 is 12.8 Å². The first-order valence-corrected chi connectivity index (χ1v) is 8.23. The normalized spacial score (nSPS) is 13.7. The molecule has 6 heteroatoms. The van der Waals surface area contributed by atoms with Crippen LogP contribution in [0.3, 0.4) is 0 Å². The molecule has 0 unspecified atom stereocenters. The number of rotatable bonds is 3. The molecule has 2 aromatic carbocycles. The van der Waals surface area contributed by atoms with Crippen LogP contribution in [0.2, 0.25) is 0 Å². The Balaban J connectivity index is 1.90. The fourth-order valence-corrected chi connectivity index (χ4v) is 2.89. The molecule has 108 valence electrons. The van der Waals surface area contributed by atoms with Crippen molar-refractivity contribution in [2.45, 2.75) is 6.54 Å². The van der Waals surface area contributed by atoms with Crippen LogP contribution >= 0.6 is 0 Å². The van der Waals surface area contributed by atoms with Gasteiger partial charge in [0, 0.05) is 16.8 Å². The van der Waals surface area contributed by atoms with E-state index in [0.717, 1.165) is 28.7 Å². The minimum atomic E-state index is -3.28. The average molecular weight is 304 g/mol. The van der Waals surface area contributed by atoms with Crippen LogP contribution in [0.4, 0.5) is 10.1 Å². The summed E-state index contributed by atoms with van der Waals surface area (Å²) in [7, 11) is -3.28. The van der Waals surface area contributed by atoms with Gasteiger partial charge in [-0.2, -0.15) is 0 Å². The molecule has 1 aliphatic rings. The molecule has 4 nitrogen and oxygen atoms in total. The van der Waals surface area contributed by atoms with E-state index >= 15 is 0 Å². The highest BCUT2D eigenvalue weighted by Gasteiger charge is 2.17. The van der Waals surface area contributed by atoms with Crippen molar-refractivity contribution >= 4 is 21.4 Å².